The monoisotopic (exact) mass is 206 g/mol. The van der Waals surface area contributed by atoms with Gasteiger partial charge in [0.25, 0.3) is 0 Å². The highest BCUT2D eigenvalue weighted by Crippen LogP contribution is 2.51. The van der Waals surface area contributed by atoms with E-state index in [-0.39, 0.29) is 16.6 Å². The van der Waals surface area contributed by atoms with Crippen LogP contribution in [0.3, 0.4) is 0 Å². The fourth-order valence-corrected chi connectivity index (χ4v) is 3.50. The molecule has 0 radical (unpaired) electrons. The summed E-state index contributed by atoms with van der Waals surface area (Å²) in [5, 5.41) is 0. The second kappa shape index (κ2) is 2.84. The van der Waals surface area contributed by atoms with Gasteiger partial charge in [0, 0.05) is 0 Å². The van der Waals surface area contributed by atoms with Crippen molar-refractivity contribution in [3.8, 4) is 0 Å². The lowest BCUT2D eigenvalue weighted by molar-refractivity contribution is 0.396. The Morgan fingerprint density at radius 2 is 1.53 bits per heavy atom. The third kappa shape index (κ3) is 1.40. The first kappa shape index (κ1) is 10.7. The molecule has 1 aromatic rings. The Morgan fingerprint density at radius 1 is 1.00 bits per heavy atom. The Labute approximate surface area is 91.5 Å². The molecule has 0 N–H and O–H groups in total. The van der Waals surface area contributed by atoms with Crippen LogP contribution in [0.15, 0.2) is 12.1 Å². The molecule has 0 fully saturated rings. The summed E-state index contributed by atoms with van der Waals surface area (Å²) in [5.41, 5.74) is 3.46. The average molecular weight is 206 g/mol. The van der Waals surface area contributed by atoms with Crippen molar-refractivity contribution in [2.75, 3.05) is 0 Å². The van der Waals surface area contributed by atoms with Gasteiger partial charge in [0.1, 0.15) is 5.82 Å². The maximum absolute atomic E-state index is 13.9. The molecule has 0 spiro atoms. The van der Waals surface area contributed by atoms with Gasteiger partial charge in [-0.15, -0.1) is 0 Å². The molecular formula is C14H19F. The predicted molar refractivity (Wildman–Crippen MR) is 61.8 cm³/mol. The van der Waals surface area contributed by atoms with Gasteiger partial charge in [0.2, 0.25) is 0 Å². The minimum absolute atomic E-state index is 0.0328. The van der Waals surface area contributed by atoms with Crippen LogP contribution in [0.5, 0.6) is 0 Å². The molecule has 2 rings (SSSR count). The summed E-state index contributed by atoms with van der Waals surface area (Å²) in [7, 11) is 0. The first-order valence-corrected chi connectivity index (χ1v) is 5.56. The van der Waals surface area contributed by atoms with Crippen LogP contribution in [-0.4, -0.2) is 0 Å². The van der Waals surface area contributed by atoms with Crippen molar-refractivity contribution in [3.05, 3.63) is 34.6 Å². The summed E-state index contributed by atoms with van der Waals surface area (Å²) in [6.07, 6.45) is 1.02. The first-order chi connectivity index (χ1) is 6.76. The molecule has 0 bridgehead atoms. The summed E-state index contributed by atoms with van der Waals surface area (Å²) in [6.45, 7) is 10.8. The van der Waals surface area contributed by atoms with E-state index >= 15 is 0 Å². The Kier molecular flexibility index (Phi) is 2.02. The second-order valence-corrected chi connectivity index (χ2v) is 6.06. The summed E-state index contributed by atoms with van der Waals surface area (Å²) in [4.78, 5) is 0. The lowest BCUT2D eigenvalue weighted by atomic mass is 9.81. The molecule has 1 aliphatic carbocycles. The normalized spacial score (nSPS) is 21.5. The lowest BCUT2D eigenvalue weighted by Crippen LogP contribution is -2.18. The molecule has 0 unspecified atom stereocenters. The fourth-order valence-electron chi connectivity index (χ4n) is 3.50. The van der Waals surface area contributed by atoms with Crippen LogP contribution >= 0.6 is 0 Å². The summed E-state index contributed by atoms with van der Waals surface area (Å²) >= 11 is 0. The fraction of sp³-hybridized carbons (Fsp3) is 0.571. The smallest absolute Gasteiger partial charge is 0.127 e. The Morgan fingerprint density at radius 3 is 2.07 bits per heavy atom. The number of halogens is 1. The Balaban J connectivity index is 2.80. The minimum atomic E-state index is -0.0359. The number of hydrogen-bond donors (Lipinski definition) is 0. The van der Waals surface area contributed by atoms with Gasteiger partial charge in [-0.05, 0) is 46.9 Å². The Bertz CT molecular complexity index is 375. The summed E-state index contributed by atoms with van der Waals surface area (Å²) in [5.74, 6) is -0.0359. The van der Waals surface area contributed by atoms with E-state index in [0.29, 0.717) is 0 Å². The number of rotatable bonds is 0. The molecule has 0 amide bonds. The van der Waals surface area contributed by atoms with Crippen LogP contribution in [0.1, 0.15) is 50.8 Å². The maximum atomic E-state index is 13.9. The minimum Gasteiger partial charge on any atom is -0.207 e. The van der Waals surface area contributed by atoms with Crippen LogP contribution in [0, 0.1) is 12.7 Å². The van der Waals surface area contributed by atoms with Gasteiger partial charge in [-0.25, -0.2) is 4.39 Å². The zero-order valence-electron chi connectivity index (χ0n) is 10.2. The lowest BCUT2D eigenvalue weighted by Gasteiger charge is -2.23. The van der Waals surface area contributed by atoms with Crippen molar-refractivity contribution in [1.82, 2.24) is 0 Å². The molecule has 1 aromatic carbocycles. The van der Waals surface area contributed by atoms with E-state index < -0.39 is 0 Å². The molecule has 0 nitrogen and oxygen atoms in total. The summed E-state index contributed by atoms with van der Waals surface area (Å²) in [6, 6.07) is 3.51. The Hall–Kier alpha value is -0.850. The van der Waals surface area contributed by atoms with Crippen LogP contribution in [0.25, 0.3) is 0 Å². The van der Waals surface area contributed by atoms with Crippen LogP contribution in [-0.2, 0) is 10.8 Å². The number of aryl methyl sites for hydroxylation is 1. The van der Waals surface area contributed by atoms with Gasteiger partial charge in [0.15, 0.2) is 0 Å². The van der Waals surface area contributed by atoms with Crippen molar-refractivity contribution >= 4 is 0 Å². The molecule has 0 aromatic heterocycles. The van der Waals surface area contributed by atoms with Gasteiger partial charge >= 0.3 is 0 Å². The van der Waals surface area contributed by atoms with Crippen LogP contribution in [0.2, 0.25) is 0 Å². The zero-order chi connectivity index (χ0) is 11.4. The second-order valence-electron chi connectivity index (χ2n) is 6.06. The quantitative estimate of drug-likeness (QED) is 0.599. The van der Waals surface area contributed by atoms with E-state index in [1.165, 1.54) is 11.1 Å². The molecule has 15 heavy (non-hydrogen) atoms. The summed E-state index contributed by atoms with van der Waals surface area (Å²) < 4.78 is 13.9. The maximum Gasteiger partial charge on any atom is 0.127 e. The molecule has 0 atom stereocenters. The van der Waals surface area contributed by atoms with E-state index in [9.17, 15) is 4.39 Å². The van der Waals surface area contributed by atoms with Crippen molar-refractivity contribution in [2.45, 2.75) is 51.9 Å². The van der Waals surface area contributed by atoms with Gasteiger partial charge in [-0.3, -0.25) is 0 Å². The molecule has 0 aliphatic heterocycles. The highest BCUT2D eigenvalue weighted by atomic mass is 19.1. The van der Waals surface area contributed by atoms with Gasteiger partial charge in [-0.1, -0.05) is 33.8 Å². The van der Waals surface area contributed by atoms with Crippen molar-refractivity contribution in [1.29, 1.82) is 0 Å². The molecule has 0 saturated carbocycles. The molecule has 1 aliphatic rings. The first-order valence-electron chi connectivity index (χ1n) is 5.56. The average Bonchev–Trinajstić information content (AvgIpc) is 2.25. The molecule has 0 heterocycles. The number of hydrogen-bond acceptors (Lipinski definition) is 0. The van der Waals surface area contributed by atoms with Crippen molar-refractivity contribution in [2.24, 2.45) is 0 Å². The van der Waals surface area contributed by atoms with Gasteiger partial charge < -0.3 is 0 Å². The third-order valence-corrected chi connectivity index (χ3v) is 3.60. The predicted octanol–water partition coefficient (Wildman–Crippen LogP) is 4.09. The van der Waals surface area contributed by atoms with Crippen LogP contribution in [0.4, 0.5) is 4.39 Å². The molecule has 0 saturated heterocycles. The SMILES string of the molecule is Cc1ccc(F)c2c1C(C)(C)CC2(C)C. The molecule has 1 heteroatoms. The topological polar surface area (TPSA) is 0 Å². The number of benzene rings is 1. The van der Waals surface area contributed by atoms with Gasteiger partial charge in [0.05, 0.1) is 0 Å². The molecule has 82 valence electrons. The standard InChI is InChI=1S/C14H19F/c1-9-6-7-10(15)12-11(9)13(2,3)8-14(12,4)5/h6-7H,8H2,1-5H3. The van der Waals surface area contributed by atoms with E-state index in [2.05, 4.69) is 34.6 Å². The van der Waals surface area contributed by atoms with E-state index in [1.807, 2.05) is 6.07 Å². The van der Waals surface area contributed by atoms with Crippen LogP contribution < -0.4 is 0 Å². The van der Waals surface area contributed by atoms with E-state index in [1.54, 1.807) is 6.07 Å². The van der Waals surface area contributed by atoms with E-state index in [0.717, 1.165) is 12.0 Å². The third-order valence-electron chi connectivity index (χ3n) is 3.60. The van der Waals surface area contributed by atoms with Crippen molar-refractivity contribution < 1.29 is 4.39 Å². The highest BCUT2D eigenvalue weighted by Gasteiger charge is 2.44. The zero-order valence-corrected chi connectivity index (χ0v) is 10.2. The largest absolute Gasteiger partial charge is 0.207 e. The highest BCUT2D eigenvalue weighted by molar-refractivity contribution is 5.49. The van der Waals surface area contributed by atoms with Gasteiger partial charge in [-0.2, -0.15) is 0 Å². The number of fused-ring (bicyclic) bond motifs is 1. The van der Waals surface area contributed by atoms with Crippen molar-refractivity contribution in [3.63, 3.8) is 0 Å². The molecular weight excluding hydrogens is 187 g/mol. The van der Waals surface area contributed by atoms with E-state index in [4.69, 9.17) is 0 Å².